The van der Waals surface area contributed by atoms with Crippen LogP contribution in [0.15, 0.2) is 36.4 Å². The van der Waals surface area contributed by atoms with E-state index in [0.717, 1.165) is 68.2 Å². The van der Waals surface area contributed by atoms with Crippen LogP contribution in [0.4, 0.5) is 0 Å². The molecule has 9 heteroatoms. The van der Waals surface area contributed by atoms with Crippen molar-refractivity contribution < 1.29 is 23.7 Å². The van der Waals surface area contributed by atoms with Crippen molar-refractivity contribution in [1.82, 2.24) is 9.80 Å². The zero-order chi connectivity index (χ0) is 23.9. The number of carbonyl (C=O) groups is 1. The van der Waals surface area contributed by atoms with Crippen molar-refractivity contribution in [1.29, 1.82) is 0 Å². The van der Waals surface area contributed by atoms with Gasteiger partial charge < -0.3 is 28.7 Å². The summed E-state index contributed by atoms with van der Waals surface area (Å²) in [5.74, 6) is 3.60. The highest BCUT2D eigenvalue weighted by Crippen LogP contribution is 2.33. The molecule has 2 aliphatic rings. The van der Waals surface area contributed by atoms with Crippen LogP contribution in [0.25, 0.3) is 0 Å². The summed E-state index contributed by atoms with van der Waals surface area (Å²) in [6, 6.07) is 11.5. The average Bonchev–Trinajstić information content (AvgIpc) is 2.88. The first-order valence-corrected chi connectivity index (χ1v) is 12.1. The normalized spacial score (nSPS) is 17.4. The summed E-state index contributed by atoms with van der Waals surface area (Å²) in [5, 5.41) is 0. The van der Waals surface area contributed by atoms with Gasteiger partial charge in [-0.15, -0.1) is 24.8 Å². The lowest BCUT2D eigenvalue weighted by Gasteiger charge is -2.37. The molecule has 1 amide bonds. The summed E-state index contributed by atoms with van der Waals surface area (Å²) in [7, 11) is 4.89. The maximum Gasteiger partial charge on any atom is 0.254 e. The molecule has 2 aromatic carbocycles. The molecular weight excluding hydrogens is 503 g/mol. The summed E-state index contributed by atoms with van der Waals surface area (Å²) in [6.07, 6.45) is 4.17. The number of hydrogen-bond donors (Lipinski definition) is 0. The van der Waals surface area contributed by atoms with Crippen LogP contribution in [0.3, 0.4) is 0 Å². The maximum atomic E-state index is 13.2. The van der Waals surface area contributed by atoms with Gasteiger partial charge in [0.2, 0.25) is 0 Å². The van der Waals surface area contributed by atoms with Crippen LogP contribution in [0, 0.1) is 5.92 Å². The third-order valence-corrected chi connectivity index (χ3v) is 6.81. The number of nitrogens with zero attached hydrogens (tertiary/aromatic N) is 2. The molecule has 1 atom stereocenters. The van der Waals surface area contributed by atoms with E-state index in [2.05, 4.69) is 4.90 Å². The molecule has 2 aliphatic heterocycles. The Labute approximate surface area is 226 Å². The standard InChI is InChI=1S/C27H36N2O5.2ClH/c1-31-22-7-9-23(10-8-22)34-15-5-13-28-12-4-6-20(18-28)19-29-14-11-21-16-25(32-2)26(33-3)17-24(21)27(29)30;;/h7-10,16-17,20H,4-6,11-15,18-19H2,1-3H3;2*1H. The molecule has 0 aliphatic carbocycles. The first-order valence-electron chi connectivity index (χ1n) is 12.1. The van der Waals surface area contributed by atoms with E-state index in [0.29, 0.717) is 24.0 Å². The van der Waals surface area contributed by atoms with Gasteiger partial charge >= 0.3 is 0 Å². The molecule has 0 spiro atoms. The maximum absolute atomic E-state index is 13.2. The van der Waals surface area contributed by atoms with Gasteiger partial charge in [-0.1, -0.05) is 0 Å². The minimum Gasteiger partial charge on any atom is -0.497 e. The number of hydrogen-bond acceptors (Lipinski definition) is 6. The summed E-state index contributed by atoms with van der Waals surface area (Å²) < 4.78 is 21.9. The minimum atomic E-state index is 0. The van der Waals surface area contributed by atoms with Crippen molar-refractivity contribution in [2.75, 3.05) is 60.7 Å². The van der Waals surface area contributed by atoms with Crippen molar-refractivity contribution in [2.24, 2.45) is 5.92 Å². The molecule has 1 fully saturated rings. The van der Waals surface area contributed by atoms with Gasteiger partial charge in [0.25, 0.3) is 5.91 Å². The van der Waals surface area contributed by atoms with E-state index in [9.17, 15) is 4.79 Å². The summed E-state index contributed by atoms with van der Waals surface area (Å²) in [5.41, 5.74) is 1.79. The number of fused-ring (bicyclic) bond motifs is 1. The molecular formula is C27H38Cl2N2O5. The van der Waals surface area contributed by atoms with Gasteiger partial charge in [0.05, 0.1) is 27.9 Å². The number of likely N-dealkylation sites (tertiary alicyclic amines) is 1. The minimum absolute atomic E-state index is 0. The second-order valence-electron chi connectivity index (χ2n) is 9.05. The van der Waals surface area contributed by atoms with Crippen molar-refractivity contribution in [3.63, 3.8) is 0 Å². The Morgan fingerprint density at radius 2 is 1.61 bits per heavy atom. The zero-order valence-corrected chi connectivity index (χ0v) is 23.0. The monoisotopic (exact) mass is 540 g/mol. The fraction of sp³-hybridized carbons (Fsp3) is 0.519. The molecule has 4 rings (SSSR count). The lowest BCUT2D eigenvalue weighted by molar-refractivity contribution is 0.0658. The van der Waals surface area contributed by atoms with Crippen LogP contribution in [0.2, 0.25) is 0 Å². The zero-order valence-electron chi connectivity index (χ0n) is 21.4. The van der Waals surface area contributed by atoms with Crippen LogP contribution in [0.1, 0.15) is 35.2 Å². The van der Waals surface area contributed by atoms with Crippen LogP contribution in [0.5, 0.6) is 23.0 Å². The SMILES string of the molecule is COc1ccc(OCCCN2CCCC(CN3CCc4cc(OC)c(OC)cc4C3=O)C2)cc1.Cl.Cl. The van der Waals surface area contributed by atoms with E-state index in [-0.39, 0.29) is 30.7 Å². The molecule has 0 saturated carbocycles. The van der Waals surface area contributed by atoms with Crippen LogP contribution >= 0.6 is 24.8 Å². The highest BCUT2D eigenvalue weighted by atomic mass is 35.5. The fourth-order valence-electron chi connectivity index (χ4n) is 4.99. The molecule has 2 aromatic rings. The highest BCUT2D eigenvalue weighted by molar-refractivity contribution is 5.97. The Kier molecular flexibility index (Phi) is 12.0. The van der Waals surface area contributed by atoms with Crippen molar-refractivity contribution >= 4 is 30.7 Å². The van der Waals surface area contributed by atoms with Gasteiger partial charge in [0.15, 0.2) is 11.5 Å². The predicted molar refractivity (Wildman–Crippen MR) is 146 cm³/mol. The Morgan fingerprint density at radius 1 is 0.917 bits per heavy atom. The molecule has 0 radical (unpaired) electrons. The fourth-order valence-corrected chi connectivity index (χ4v) is 4.99. The molecule has 1 unspecified atom stereocenters. The summed E-state index contributed by atoms with van der Waals surface area (Å²) in [4.78, 5) is 17.8. The molecule has 7 nitrogen and oxygen atoms in total. The number of halogens is 2. The quantitative estimate of drug-likeness (QED) is 0.406. The number of methoxy groups -OCH3 is 3. The molecule has 2 heterocycles. The van der Waals surface area contributed by atoms with E-state index in [1.165, 1.54) is 12.8 Å². The van der Waals surface area contributed by atoms with Crippen molar-refractivity contribution in [3.8, 4) is 23.0 Å². The van der Waals surface area contributed by atoms with Crippen molar-refractivity contribution in [3.05, 3.63) is 47.5 Å². The number of ether oxygens (including phenoxy) is 4. The molecule has 1 saturated heterocycles. The summed E-state index contributed by atoms with van der Waals surface area (Å²) >= 11 is 0. The van der Waals surface area contributed by atoms with Gasteiger partial charge in [-0.3, -0.25) is 4.79 Å². The van der Waals surface area contributed by atoms with Gasteiger partial charge in [0.1, 0.15) is 11.5 Å². The van der Waals surface area contributed by atoms with Crippen molar-refractivity contribution in [2.45, 2.75) is 25.7 Å². The number of benzene rings is 2. The number of rotatable bonds is 10. The number of piperidine rings is 1. The first kappa shape index (κ1) is 29.9. The van der Waals surface area contributed by atoms with Gasteiger partial charge in [-0.05, 0) is 80.1 Å². The predicted octanol–water partition coefficient (Wildman–Crippen LogP) is 4.74. The third kappa shape index (κ3) is 7.34. The first-order chi connectivity index (χ1) is 16.6. The molecule has 0 bridgehead atoms. The smallest absolute Gasteiger partial charge is 0.254 e. The average molecular weight is 542 g/mol. The van der Waals surface area contributed by atoms with E-state index < -0.39 is 0 Å². The van der Waals surface area contributed by atoms with Gasteiger partial charge in [0, 0.05) is 31.7 Å². The second kappa shape index (κ2) is 14.4. The Hall–Kier alpha value is -2.35. The van der Waals surface area contributed by atoms with Crippen LogP contribution < -0.4 is 18.9 Å². The Morgan fingerprint density at radius 3 is 2.31 bits per heavy atom. The molecule has 0 N–H and O–H groups in total. The number of carbonyl (C=O) groups excluding carboxylic acids is 1. The second-order valence-corrected chi connectivity index (χ2v) is 9.05. The Balaban J connectivity index is 0.00000228. The molecule has 200 valence electrons. The van der Waals surface area contributed by atoms with Gasteiger partial charge in [-0.2, -0.15) is 0 Å². The topological polar surface area (TPSA) is 60.5 Å². The highest BCUT2D eigenvalue weighted by Gasteiger charge is 2.29. The summed E-state index contributed by atoms with van der Waals surface area (Å²) in [6.45, 7) is 5.43. The van der Waals surface area contributed by atoms with Gasteiger partial charge in [-0.25, -0.2) is 0 Å². The molecule has 36 heavy (non-hydrogen) atoms. The van der Waals surface area contributed by atoms with E-state index >= 15 is 0 Å². The van der Waals surface area contributed by atoms with E-state index in [1.54, 1.807) is 21.3 Å². The Bertz CT molecular complexity index is 973. The van der Waals surface area contributed by atoms with Crippen LogP contribution in [-0.4, -0.2) is 76.4 Å². The van der Waals surface area contributed by atoms with Crippen LogP contribution in [-0.2, 0) is 6.42 Å². The molecule has 0 aromatic heterocycles. The number of amides is 1. The third-order valence-electron chi connectivity index (χ3n) is 6.81. The van der Waals surface area contributed by atoms with E-state index in [4.69, 9.17) is 18.9 Å². The lowest BCUT2D eigenvalue weighted by atomic mass is 9.94. The lowest BCUT2D eigenvalue weighted by Crippen LogP contribution is -2.45. The van der Waals surface area contributed by atoms with E-state index in [1.807, 2.05) is 41.3 Å². The largest absolute Gasteiger partial charge is 0.497 e.